The number of aromatic nitrogens is 2. The fraction of sp³-hybridized carbons (Fsp3) is 0.800. The van der Waals surface area contributed by atoms with Crippen molar-refractivity contribution in [1.29, 1.82) is 0 Å². The molecule has 0 aliphatic carbocycles. The van der Waals surface area contributed by atoms with Gasteiger partial charge in [0.05, 0.1) is 5.69 Å². The average Bonchev–Trinajstić information content (AvgIpc) is 2.66. The molecule has 0 spiro atoms. The minimum Gasteiger partial charge on any atom is -0.354 e. The summed E-state index contributed by atoms with van der Waals surface area (Å²) in [6.45, 7) is 10.9. The molecule has 1 aromatic rings. The predicted octanol–water partition coefficient (Wildman–Crippen LogP) is 2.85. The highest BCUT2D eigenvalue weighted by Gasteiger charge is 2.21. The molecule has 0 aliphatic rings. The summed E-state index contributed by atoms with van der Waals surface area (Å²) in [7, 11) is 4.05. The van der Waals surface area contributed by atoms with Crippen LogP contribution in [0.5, 0.6) is 0 Å². The summed E-state index contributed by atoms with van der Waals surface area (Å²) in [6, 6.07) is 0.553. The second-order valence-corrected chi connectivity index (χ2v) is 5.35. The molecule has 0 aromatic carbocycles. The molecule has 1 N–H and O–H groups in total. The summed E-state index contributed by atoms with van der Waals surface area (Å²) < 4.78 is 2.05. The standard InChI is InChI=1S/C15H30N4/c1-7-9-10-19(12(3)8-2)15-14(11-16-5)13(4)17-18(15)6/h12,16H,7-11H2,1-6H3. The number of nitrogens with one attached hydrogen (secondary N) is 1. The second-order valence-electron chi connectivity index (χ2n) is 5.35. The maximum absolute atomic E-state index is 4.61. The smallest absolute Gasteiger partial charge is 0.131 e. The van der Waals surface area contributed by atoms with Crippen molar-refractivity contribution in [2.24, 2.45) is 7.05 Å². The van der Waals surface area contributed by atoms with Crippen molar-refractivity contribution in [2.75, 3.05) is 18.5 Å². The van der Waals surface area contributed by atoms with Gasteiger partial charge in [-0.15, -0.1) is 0 Å². The third-order valence-corrected chi connectivity index (χ3v) is 3.81. The van der Waals surface area contributed by atoms with Gasteiger partial charge in [-0.3, -0.25) is 4.68 Å². The van der Waals surface area contributed by atoms with Gasteiger partial charge in [-0.25, -0.2) is 0 Å². The molecule has 1 aromatic heterocycles. The SMILES string of the molecule is CCCCN(c1c(CNC)c(C)nn1C)C(C)CC. The van der Waals surface area contributed by atoms with Gasteiger partial charge < -0.3 is 10.2 Å². The molecule has 4 nitrogen and oxygen atoms in total. The molecule has 110 valence electrons. The van der Waals surface area contributed by atoms with Gasteiger partial charge in [0.15, 0.2) is 0 Å². The van der Waals surface area contributed by atoms with Gasteiger partial charge in [0, 0.05) is 31.7 Å². The molecular weight excluding hydrogens is 236 g/mol. The maximum Gasteiger partial charge on any atom is 0.131 e. The monoisotopic (exact) mass is 266 g/mol. The van der Waals surface area contributed by atoms with E-state index >= 15 is 0 Å². The third kappa shape index (κ3) is 3.72. The molecule has 19 heavy (non-hydrogen) atoms. The van der Waals surface area contributed by atoms with Crippen molar-refractivity contribution in [2.45, 2.75) is 59.5 Å². The molecule has 1 rings (SSSR count). The van der Waals surface area contributed by atoms with Crippen LogP contribution in [0.3, 0.4) is 0 Å². The number of aryl methyl sites for hydroxylation is 2. The summed E-state index contributed by atoms with van der Waals surface area (Å²) in [6.07, 6.45) is 3.62. The Hall–Kier alpha value is -1.03. The maximum atomic E-state index is 4.61. The fourth-order valence-corrected chi connectivity index (χ4v) is 2.52. The van der Waals surface area contributed by atoms with Crippen LogP contribution in [0, 0.1) is 6.92 Å². The van der Waals surface area contributed by atoms with E-state index in [9.17, 15) is 0 Å². The second kappa shape index (κ2) is 7.53. The Morgan fingerprint density at radius 1 is 1.37 bits per heavy atom. The number of rotatable bonds is 8. The highest BCUT2D eigenvalue weighted by Crippen LogP contribution is 2.26. The Kier molecular flexibility index (Phi) is 6.35. The molecule has 0 saturated carbocycles. The molecule has 1 heterocycles. The summed E-state index contributed by atoms with van der Waals surface area (Å²) in [5, 5.41) is 7.88. The van der Waals surface area contributed by atoms with Crippen molar-refractivity contribution >= 4 is 5.82 Å². The van der Waals surface area contributed by atoms with E-state index < -0.39 is 0 Å². The van der Waals surface area contributed by atoms with Crippen LogP contribution in [0.1, 0.15) is 51.3 Å². The van der Waals surface area contributed by atoms with E-state index in [1.54, 1.807) is 0 Å². The van der Waals surface area contributed by atoms with Crippen LogP contribution in [-0.2, 0) is 13.6 Å². The van der Waals surface area contributed by atoms with Gasteiger partial charge in [-0.05, 0) is 33.7 Å². The lowest BCUT2D eigenvalue weighted by atomic mass is 10.1. The van der Waals surface area contributed by atoms with Gasteiger partial charge >= 0.3 is 0 Å². The Morgan fingerprint density at radius 2 is 2.05 bits per heavy atom. The first-order valence-corrected chi connectivity index (χ1v) is 7.50. The van der Waals surface area contributed by atoms with Crippen molar-refractivity contribution in [3.8, 4) is 0 Å². The van der Waals surface area contributed by atoms with Gasteiger partial charge in [-0.1, -0.05) is 20.3 Å². The lowest BCUT2D eigenvalue weighted by molar-refractivity contribution is 0.569. The summed E-state index contributed by atoms with van der Waals surface area (Å²) in [5.41, 5.74) is 2.47. The highest BCUT2D eigenvalue weighted by atomic mass is 15.4. The van der Waals surface area contributed by atoms with Gasteiger partial charge in [-0.2, -0.15) is 5.10 Å². The van der Waals surface area contributed by atoms with Crippen molar-refractivity contribution < 1.29 is 0 Å². The summed E-state index contributed by atoms with van der Waals surface area (Å²) in [5.74, 6) is 1.29. The molecular formula is C15H30N4. The Morgan fingerprint density at radius 3 is 2.58 bits per heavy atom. The van der Waals surface area contributed by atoms with E-state index in [-0.39, 0.29) is 0 Å². The molecule has 1 unspecified atom stereocenters. The molecule has 0 aliphatic heterocycles. The zero-order valence-corrected chi connectivity index (χ0v) is 13.5. The lowest BCUT2D eigenvalue weighted by Crippen LogP contribution is -2.36. The van der Waals surface area contributed by atoms with Gasteiger partial charge in [0.2, 0.25) is 0 Å². The molecule has 1 atom stereocenters. The van der Waals surface area contributed by atoms with Crippen LogP contribution in [0.25, 0.3) is 0 Å². The van der Waals surface area contributed by atoms with Gasteiger partial charge in [0.1, 0.15) is 5.82 Å². The Balaban J connectivity index is 3.12. The first-order valence-electron chi connectivity index (χ1n) is 7.50. The van der Waals surface area contributed by atoms with Crippen molar-refractivity contribution in [3.63, 3.8) is 0 Å². The topological polar surface area (TPSA) is 33.1 Å². The van der Waals surface area contributed by atoms with E-state index in [1.807, 2.05) is 11.7 Å². The zero-order valence-electron chi connectivity index (χ0n) is 13.5. The minimum atomic E-state index is 0.553. The van der Waals surface area contributed by atoms with Crippen LogP contribution in [0.2, 0.25) is 0 Å². The third-order valence-electron chi connectivity index (χ3n) is 3.81. The number of unbranched alkanes of at least 4 members (excludes halogenated alkanes) is 1. The molecule has 0 fully saturated rings. The fourth-order valence-electron chi connectivity index (χ4n) is 2.52. The van der Waals surface area contributed by atoms with Crippen LogP contribution < -0.4 is 10.2 Å². The predicted molar refractivity (Wildman–Crippen MR) is 82.7 cm³/mol. The minimum absolute atomic E-state index is 0.553. The van der Waals surface area contributed by atoms with Crippen LogP contribution in [0.15, 0.2) is 0 Å². The largest absolute Gasteiger partial charge is 0.354 e. The summed E-state index contributed by atoms with van der Waals surface area (Å²) >= 11 is 0. The normalized spacial score (nSPS) is 12.7. The molecule has 0 radical (unpaired) electrons. The first kappa shape index (κ1) is 16.0. The molecule has 0 amide bonds. The number of hydrogen-bond donors (Lipinski definition) is 1. The van der Waals surface area contributed by atoms with E-state index in [4.69, 9.17) is 0 Å². The molecule has 0 saturated heterocycles. The van der Waals surface area contributed by atoms with E-state index in [1.165, 1.54) is 24.2 Å². The average molecular weight is 266 g/mol. The quantitative estimate of drug-likeness (QED) is 0.785. The molecule has 0 bridgehead atoms. The number of hydrogen-bond acceptors (Lipinski definition) is 3. The van der Waals surface area contributed by atoms with Crippen LogP contribution in [0.4, 0.5) is 5.82 Å². The van der Waals surface area contributed by atoms with Gasteiger partial charge in [0.25, 0.3) is 0 Å². The Bertz CT molecular complexity index is 384. The van der Waals surface area contributed by atoms with E-state index in [0.29, 0.717) is 6.04 Å². The van der Waals surface area contributed by atoms with E-state index in [2.05, 4.69) is 50.1 Å². The van der Waals surface area contributed by atoms with Crippen LogP contribution in [-0.4, -0.2) is 29.4 Å². The first-order chi connectivity index (χ1) is 9.06. The molecule has 4 heteroatoms. The number of anilines is 1. The number of nitrogens with zero attached hydrogens (tertiary/aromatic N) is 3. The highest BCUT2D eigenvalue weighted by molar-refractivity contribution is 5.51. The van der Waals surface area contributed by atoms with Crippen LogP contribution >= 0.6 is 0 Å². The Labute approximate surface area is 118 Å². The van der Waals surface area contributed by atoms with Crippen molar-refractivity contribution in [3.05, 3.63) is 11.3 Å². The summed E-state index contributed by atoms with van der Waals surface area (Å²) in [4.78, 5) is 2.52. The lowest BCUT2D eigenvalue weighted by Gasteiger charge is -2.31. The zero-order chi connectivity index (χ0) is 14.4. The van der Waals surface area contributed by atoms with Crippen molar-refractivity contribution in [1.82, 2.24) is 15.1 Å². The van der Waals surface area contributed by atoms with E-state index in [0.717, 1.165) is 25.2 Å².